The summed E-state index contributed by atoms with van der Waals surface area (Å²) in [7, 11) is 1.43. The molecule has 1 aromatic heterocycles. The van der Waals surface area contributed by atoms with Gasteiger partial charge in [0.2, 0.25) is 5.41 Å². The van der Waals surface area contributed by atoms with E-state index in [0.29, 0.717) is 5.56 Å². The molecule has 0 saturated carbocycles. The number of aromatic nitrogens is 2. The Hall–Kier alpha value is -2.64. The fourth-order valence-electron chi connectivity index (χ4n) is 2.99. The number of carbonyl (C=O) groups is 2. The number of hydrogen-bond acceptors (Lipinski definition) is 3. The minimum atomic E-state index is -5.03. The minimum absolute atomic E-state index is 0.0521. The van der Waals surface area contributed by atoms with Gasteiger partial charge in [-0.1, -0.05) is 30.3 Å². The second-order valence-corrected chi connectivity index (χ2v) is 5.72. The van der Waals surface area contributed by atoms with Crippen LogP contribution in [0.4, 0.5) is 13.2 Å². The summed E-state index contributed by atoms with van der Waals surface area (Å²) in [5, 5.41) is 3.69. The quantitative estimate of drug-likeness (QED) is 0.803. The predicted molar refractivity (Wildman–Crippen MR) is 77.8 cm³/mol. The van der Waals surface area contributed by atoms with Crippen LogP contribution in [0.5, 0.6) is 0 Å². The number of aryl methyl sites for hydroxylation is 1. The van der Waals surface area contributed by atoms with Gasteiger partial charge in [0.1, 0.15) is 0 Å². The van der Waals surface area contributed by atoms with Crippen molar-refractivity contribution >= 4 is 11.7 Å². The van der Waals surface area contributed by atoms with Crippen molar-refractivity contribution in [1.82, 2.24) is 14.7 Å². The molecule has 3 rings (SSSR count). The molecule has 1 aromatic carbocycles. The third-order valence-electron chi connectivity index (χ3n) is 4.14. The van der Waals surface area contributed by atoms with Gasteiger partial charge < -0.3 is 4.90 Å². The van der Waals surface area contributed by atoms with E-state index < -0.39 is 35.4 Å². The zero-order valence-corrected chi connectivity index (χ0v) is 12.7. The molecule has 2 aromatic rings. The number of benzene rings is 1. The van der Waals surface area contributed by atoms with Gasteiger partial charge in [-0.3, -0.25) is 14.3 Å². The highest BCUT2D eigenvalue weighted by Crippen LogP contribution is 2.46. The third kappa shape index (κ3) is 2.29. The largest absolute Gasteiger partial charge is 0.414 e. The summed E-state index contributed by atoms with van der Waals surface area (Å²) in [5.74, 6) is -2.43. The van der Waals surface area contributed by atoms with E-state index in [0.717, 1.165) is 22.0 Å². The standard InChI is InChI=1S/C16H14F3N3O2/c1-21-9-12(7-20-21)15(16(17,18)19)13(23)10-22(14(15)24)8-11-5-3-2-4-6-11/h2-7,9H,8,10H2,1H3. The second kappa shape index (κ2) is 5.47. The van der Waals surface area contributed by atoms with Crippen molar-refractivity contribution in [2.45, 2.75) is 18.1 Å². The van der Waals surface area contributed by atoms with E-state index in [9.17, 15) is 22.8 Å². The van der Waals surface area contributed by atoms with Gasteiger partial charge in [-0.15, -0.1) is 0 Å². The van der Waals surface area contributed by atoms with Crippen LogP contribution in [0, 0.1) is 0 Å². The van der Waals surface area contributed by atoms with Gasteiger partial charge in [0.05, 0.1) is 12.7 Å². The summed E-state index contributed by atoms with van der Waals surface area (Å²) in [4.78, 5) is 25.9. The molecule has 1 fully saturated rings. The first-order chi connectivity index (χ1) is 11.3. The maximum Gasteiger partial charge on any atom is 0.414 e. The number of hydrogen-bond donors (Lipinski definition) is 0. The maximum absolute atomic E-state index is 13.8. The van der Waals surface area contributed by atoms with E-state index in [1.54, 1.807) is 30.3 Å². The van der Waals surface area contributed by atoms with Gasteiger partial charge in [-0.2, -0.15) is 18.3 Å². The lowest BCUT2D eigenvalue weighted by atomic mass is 9.79. The molecule has 2 heterocycles. The van der Waals surface area contributed by atoms with Crippen LogP contribution in [0.1, 0.15) is 11.1 Å². The molecular weight excluding hydrogens is 323 g/mol. The first kappa shape index (κ1) is 16.2. The molecule has 0 radical (unpaired) electrons. The fourth-order valence-corrected chi connectivity index (χ4v) is 2.99. The second-order valence-electron chi connectivity index (χ2n) is 5.72. The highest BCUT2D eigenvalue weighted by Gasteiger charge is 2.71. The lowest BCUT2D eigenvalue weighted by molar-refractivity contribution is -0.193. The van der Waals surface area contributed by atoms with Crippen molar-refractivity contribution < 1.29 is 22.8 Å². The first-order valence-electron chi connectivity index (χ1n) is 7.19. The summed E-state index contributed by atoms with van der Waals surface area (Å²) in [6.07, 6.45) is -3.04. The van der Waals surface area contributed by atoms with Crippen LogP contribution in [0.3, 0.4) is 0 Å². The van der Waals surface area contributed by atoms with E-state index in [4.69, 9.17) is 0 Å². The molecule has 5 nitrogen and oxygen atoms in total. The molecule has 0 aliphatic carbocycles. The summed E-state index contributed by atoms with van der Waals surface area (Å²) < 4.78 is 42.6. The lowest BCUT2D eigenvalue weighted by Gasteiger charge is -2.27. The molecule has 126 valence electrons. The molecule has 0 spiro atoms. The number of alkyl halides is 3. The Morgan fingerprint density at radius 3 is 2.42 bits per heavy atom. The summed E-state index contributed by atoms with van der Waals surface area (Å²) >= 11 is 0. The first-order valence-corrected chi connectivity index (χ1v) is 7.19. The van der Waals surface area contributed by atoms with E-state index in [1.807, 2.05) is 0 Å². The number of rotatable bonds is 3. The number of carbonyl (C=O) groups excluding carboxylic acids is 2. The SMILES string of the molecule is Cn1cc(C2(C(F)(F)F)C(=O)CN(Cc3ccccc3)C2=O)cn1. The van der Waals surface area contributed by atoms with Crippen LogP contribution in [0.15, 0.2) is 42.7 Å². The number of nitrogens with zero attached hydrogens (tertiary/aromatic N) is 3. The molecule has 1 saturated heterocycles. The molecule has 1 aliphatic heterocycles. The topological polar surface area (TPSA) is 55.2 Å². The van der Waals surface area contributed by atoms with Gasteiger partial charge in [0.15, 0.2) is 5.78 Å². The molecule has 8 heteroatoms. The van der Waals surface area contributed by atoms with E-state index in [-0.39, 0.29) is 6.54 Å². The van der Waals surface area contributed by atoms with E-state index in [2.05, 4.69) is 5.10 Å². The van der Waals surface area contributed by atoms with Crippen molar-refractivity contribution in [3.8, 4) is 0 Å². The average Bonchev–Trinajstić information content (AvgIpc) is 3.02. The maximum atomic E-state index is 13.8. The van der Waals surface area contributed by atoms with Crippen LogP contribution < -0.4 is 0 Å². The predicted octanol–water partition coefficient (Wildman–Crippen LogP) is 1.83. The van der Waals surface area contributed by atoms with Crippen molar-refractivity contribution in [3.63, 3.8) is 0 Å². The van der Waals surface area contributed by atoms with Gasteiger partial charge >= 0.3 is 6.18 Å². The Labute approximate surface area is 135 Å². The molecule has 24 heavy (non-hydrogen) atoms. The Morgan fingerprint density at radius 1 is 1.21 bits per heavy atom. The van der Waals surface area contributed by atoms with Crippen LogP contribution >= 0.6 is 0 Å². The fraction of sp³-hybridized carbons (Fsp3) is 0.312. The number of Topliss-reactive ketones (excluding diaryl/α,β-unsaturated/α-hetero) is 1. The van der Waals surface area contributed by atoms with Gasteiger partial charge in [-0.25, -0.2) is 0 Å². The van der Waals surface area contributed by atoms with Crippen LogP contribution in [-0.4, -0.2) is 39.1 Å². The van der Waals surface area contributed by atoms with Crippen LogP contribution in [0.2, 0.25) is 0 Å². The zero-order valence-electron chi connectivity index (χ0n) is 12.7. The third-order valence-corrected chi connectivity index (χ3v) is 4.14. The van der Waals surface area contributed by atoms with Crippen molar-refractivity contribution in [1.29, 1.82) is 0 Å². The highest BCUT2D eigenvalue weighted by molar-refractivity contribution is 6.18. The van der Waals surface area contributed by atoms with Crippen molar-refractivity contribution in [3.05, 3.63) is 53.9 Å². The Balaban J connectivity index is 2.04. The summed E-state index contributed by atoms with van der Waals surface area (Å²) in [6.45, 7) is -0.633. The number of amides is 1. The van der Waals surface area contributed by atoms with Crippen molar-refractivity contribution in [2.75, 3.05) is 6.54 Å². The Morgan fingerprint density at radius 2 is 1.88 bits per heavy atom. The lowest BCUT2D eigenvalue weighted by Crippen LogP contribution is -2.52. The monoisotopic (exact) mass is 337 g/mol. The average molecular weight is 337 g/mol. The number of halogens is 3. The van der Waals surface area contributed by atoms with E-state index in [1.165, 1.54) is 7.05 Å². The van der Waals surface area contributed by atoms with Crippen molar-refractivity contribution in [2.24, 2.45) is 7.05 Å². The van der Waals surface area contributed by atoms with Gasteiger partial charge in [0.25, 0.3) is 5.91 Å². The number of ketones is 1. The van der Waals surface area contributed by atoms with Gasteiger partial charge in [0, 0.05) is 25.4 Å². The molecule has 0 bridgehead atoms. The van der Waals surface area contributed by atoms with Gasteiger partial charge in [-0.05, 0) is 5.56 Å². The molecule has 0 N–H and O–H groups in total. The molecule has 1 atom stereocenters. The highest BCUT2D eigenvalue weighted by atomic mass is 19.4. The zero-order chi connectivity index (χ0) is 17.5. The van der Waals surface area contributed by atoms with Crippen LogP contribution in [-0.2, 0) is 28.6 Å². The molecule has 1 unspecified atom stereocenters. The minimum Gasteiger partial charge on any atom is -0.330 e. The normalized spacial score (nSPS) is 21.6. The summed E-state index contributed by atoms with van der Waals surface area (Å²) in [5.41, 5.74) is -2.96. The molecule has 1 amide bonds. The van der Waals surface area contributed by atoms with Crippen LogP contribution in [0.25, 0.3) is 0 Å². The van der Waals surface area contributed by atoms with E-state index >= 15 is 0 Å². The summed E-state index contributed by atoms with van der Waals surface area (Å²) in [6, 6.07) is 8.58. The Bertz CT molecular complexity index is 785. The molecular formula is C16H14F3N3O2. The smallest absolute Gasteiger partial charge is 0.330 e. The number of likely N-dealkylation sites (tertiary alicyclic amines) is 1. The Kier molecular flexibility index (Phi) is 3.70. The molecule has 1 aliphatic rings.